The number of aliphatic carboxylic acids is 1. The highest BCUT2D eigenvalue weighted by molar-refractivity contribution is 5.94. The van der Waals surface area contributed by atoms with Gasteiger partial charge in [-0.15, -0.1) is 5.10 Å². The van der Waals surface area contributed by atoms with Crippen LogP contribution in [0.1, 0.15) is 37.3 Å². The molecule has 0 bridgehead atoms. The molecule has 20 heavy (non-hydrogen) atoms. The number of carboxylic acids is 1. The molecule has 8 heteroatoms. The predicted octanol–water partition coefficient (Wildman–Crippen LogP) is -0.348. The second-order valence-corrected chi connectivity index (χ2v) is 6.01. The van der Waals surface area contributed by atoms with Gasteiger partial charge in [0, 0.05) is 13.1 Å². The van der Waals surface area contributed by atoms with E-state index in [1.54, 1.807) is 31.6 Å². The van der Waals surface area contributed by atoms with Crippen molar-refractivity contribution in [3.05, 3.63) is 11.9 Å². The largest absolute Gasteiger partial charge is 0.480 e. The first-order valence-corrected chi connectivity index (χ1v) is 6.45. The maximum Gasteiger partial charge on any atom is 0.326 e. The van der Waals surface area contributed by atoms with Crippen molar-refractivity contribution >= 4 is 11.9 Å². The normalized spacial score (nSPS) is 17.4. The topological polar surface area (TPSA) is 109 Å². The van der Waals surface area contributed by atoms with E-state index in [4.69, 9.17) is 0 Å². The van der Waals surface area contributed by atoms with Crippen molar-refractivity contribution < 1.29 is 14.7 Å². The molecule has 1 aliphatic rings. The van der Waals surface area contributed by atoms with Gasteiger partial charge >= 0.3 is 5.97 Å². The Balaban J connectivity index is 2.06. The van der Waals surface area contributed by atoms with Crippen molar-refractivity contribution in [1.82, 2.24) is 25.6 Å². The third-order valence-electron chi connectivity index (χ3n) is 3.27. The Kier molecular flexibility index (Phi) is 3.76. The Morgan fingerprint density at radius 2 is 2.15 bits per heavy atom. The number of carboxylic acid groups (broad SMARTS) is 1. The summed E-state index contributed by atoms with van der Waals surface area (Å²) < 4.78 is 1.62. The molecule has 110 valence electrons. The summed E-state index contributed by atoms with van der Waals surface area (Å²) in [5.41, 5.74) is -0.456. The summed E-state index contributed by atoms with van der Waals surface area (Å²) in [7, 11) is 0. The second-order valence-electron chi connectivity index (χ2n) is 6.01. The average molecular weight is 281 g/mol. The number of carbonyl (C=O) groups excluding carboxylic acids is 1. The van der Waals surface area contributed by atoms with Gasteiger partial charge in [-0.25, -0.2) is 9.48 Å². The maximum atomic E-state index is 12.0. The molecular weight excluding hydrogens is 262 g/mol. The molecule has 2 rings (SSSR count). The van der Waals surface area contributed by atoms with E-state index in [1.807, 2.05) is 0 Å². The molecule has 1 fully saturated rings. The van der Waals surface area contributed by atoms with Crippen LogP contribution >= 0.6 is 0 Å². The molecule has 1 aromatic rings. The molecule has 0 aromatic carbocycles. The minimum absolute atomic E-state index is 0.132. The van der Waals surface area contributed by atoms with Crippen LogP contribution in [0.5, 0.6) is 0 Å². The smallest absolute Gasteiger partial charge is 0.326 e. The molecule has 1 aromatic heterocycles. The van der Waals surface area contributed by atoms with Gasteiger partial charge in [0.2, 0.25) is 0 Å². The fourth-order valence-electron chi connectivity index (χ4n) is 1.87. The van der Waals surface area contributed by atoms with Crippen LogP contribution in [0.4, 0.5) is 0 Å². The number of rotatable bonds is 4. The lowest BCUT2D eigenvalue weighted by atomic mass is 9.86. The maximum absolute atomic E-state index is 12.0. The number of aromatic nitrogens is 3. The number of hydrogen-bond acceptors (Lipinski definition) is 5. The fraction of sp³-hybridized carbons (Fsp3) is 0.667. The van der Waals surface area contributed by atoms with E-state index in [0.29, 0.717) is 0 Å². The summed E-state index contributed by atoms with van der Waals surface area (Å²) in [6, 6.07) is -0.771. The Bertz CT molecular complexity index is 515. The Morgan fingerprint density at radius 3 is 2.60 bits per heavy atom. The summed E-state index contributed by atoms with van der Waals surface area (Å²) in [4.78, 5) is 23.3. The number of hydrogen-bond donors (Lipinski definition) is 3. The number of amides is 1. The van der Waals surface area contributed by atoms with E-state index in [2.05, 4.69) is 20.9 Å². The van der Waals surface area contributed by atoms with Crippen molar-refractivity contribution in [2.75, 3.05) is 13.1 Å². The summed E-state index contributed by atoms with van der Waals surface area (Å²) in [6.07, 6.45) is 1.54. The van der Waals surface area contributed by atoms with Gasteiger partial charge in [-0.2, -0.15) is 0 Å². The van der Waals surface area contributed by atoms with Crippen LogP contribution in [-0.2, 0) is 4.79 Å². The van der Waals surface area contributed by atoms with Gasteiger partial charge in [0.15, 0.2) is 5.69 Å². The molecule has 1 atom stereocenters. The van der Waals surface area contributed by atoms with E-state index < -0.39 is 23.3 Å². The third kappa shape index (κ3) is 2.96. The van der Waals surface area contributed by atoms with Crippen molar-refractivity contribution in [2.45, 2.75) is 32.9 Å². The number of carbonyl (C=O) groups is 2. The van der Waals surface area contributed by atoms with Crippen molar-refractivity contribution in [1.29, 1.82) is 0 Å². The molecular formula is C12H19N5O3. The Morgan fingerprint density at radius 1 is 1.50 bits per heavy atom. The monoisotopic (exact) mass is 281 g/mol. The first-order chi connectivity index (χ1) is 9.29. The van der Waals surface area contributed by atoms with Crippen molar-refractivity contribution in [3.8, 4) is 0 Å². The molecule has 1 amide bonds. The Labute approximate surface area is 116 Å². The zero-order valence-electron chi connectivity index (χ0n) is 11.8. The number of nitrogens with zero attached hydrogens (tertiary/aromatic N) is 3. The molecule has 0 saturated carbocycles. The van der Waals surface area contributed by atoms with Crippen LogP contribution in [0.2, 0.25) is 0 Å². The van der Waals surface area contributed by atoms with Crippen molar-refractivity contribution in [3.63, 3.8) is 0 Å². The molecule has 8 nitrogen and oxygen atoms in total. The first kappa shape index (κ1) is 14.4. The molecule has 1 aliphatic heterocycles. The van der Waals surface area contributed by atoms with Gasteiger partial charge in [-0.05, 0) is 5.41 Å². The van der Waals surface area contributed by atoms with Gasteiger partial charge in [0.25, 0.3) is 5.91 Å². The predicted molar refractivity (Wildman–Crippen MR) is 70.3 cm³/mol. The summed E-state index contributed by atoms with van der Waals surface area (Å²) in [6.45, 7) is 6.85. The van der Waals surface area contributed by atoms with Crippen LogP contribution in [0.3, 0.4) is 0 Å². The highest BCUT2D eigenvalue weighted by Gasteiger charge is 2.33. The van der Waals surface area contributed by atoms with E-state index in [-0.39, 0.29) is 11.7 Å². The first-order valence-electron chi connectivity index (χ1n) is 6.45. The molecule has 0 radical (unpaired) electrons. The Hall–Kier alpha value is -1.96. The minimum atomic E-state index is -1.07. The van der Waals surface area contributed by atoms with Crippen LogP contribution in [0.15, 0.2) is 6.20 Å². The third-order valence-corrected chi connectivity index (χ3v) is 3.27. The van der Waals surface area contributed by atoms with Gasteiger partial charge in [0.05, 0.1) is 12.2 Å². The number of nitrogens with one attached hydrogen (secondary N) is 2. The van der Waals surface area contributed by atoms with E-state index in [1.165, 1.54) is 0 Å². The molecule has 0 spiro atoms. The van der Waals surface area contributed by atoms with Crippen LogP contribution in [0.25, 0.3) is 0 Å². The second kappa shape index (κ2) is 5.20. The minimum Gasteiger partial charge on any atom is -0.480 e. The molecule has 2 heterocycles. The van der Waals surface area contributed by atoms with E-state index >= 15 is 0 Å². The summed E-state index contributed by atoms with van der Waals surface area (Å²) >= 11 is 0. The summed E-state index contributed by atoms with van der Waals surface area (Å²) in [5.74, 6) is -1.59. The highest BCUT2D eigenvalue weighted by Crippen LogP contribution is 2.20. The van der Waals surface area contributed by atoms with Crippen LogP contribution < -0.4 is 10.6 Å². The van der Waals surface area contributed by atoms with Gasteiger partial charge in [0.1, 0.15) is 6.04 Å². The molecule has 0 unspecified atom stereocenters. The quantitative estimate of drug-likeness (QED) is 0.696. The van der Waals surface area contributed by atoms with Gasteiger partial charge in [-0.1, -0.05) is 26.0 Å². The van der Waals surface area contributed by atoms with Crippen LogP contribution in [0, 0.1) is 5.41 Å². The SMILES string of the molecule is CC(C)(C)[C@@H](NC(=O)c1cn(C2CNC2)nn1)C(=O)O. The van der Waals surface area contributed by atoms with Crippen LogP contribution in [-0.4, -0.2) is 51.1 Å². The van der Waals surface area contributed by atoms with Gasteiger partial charge < -0.3 is 15.7 Å². The lowest BCUT2D eigenvalue weighted by Crippen LogP contribution is -2.49. The van der Waals surface area contributed by atoms with Gasteiger partial charge in [-0.3, -0.25) is 4.79 Å². The lowest BCUT2D eigenvalue weighted by molar-refractivity contribution is -0.142. The molecule has 3 N–H and O–H groups in total. The highest BCUT2D eigenvalue weighted by atomic mass is 16.4. The van der Waals surface area contributed by atoms with E-state index in [9.17, 15) is 14.7 Å². The molecule has 0 aliphatic carbocycles. The fourth-order valence-corrected chi connectivity index (χ4v) is 1.87. The van der Waals surface area contributed by atoms with Crippen molar-refractivity contribution in [2.24, 2.45) is 5.41 Å². The molecule has 1 saturated heterocycles. The standard InChI is InChI=1S/C12H19N5O3/c1-12(2,3)9(11(19)20)14-10(18)8-6-17(16-15-8)7-4-13-5-7/h6-7,9,13H,4-5H2,1-3H3,(H,14,18)(H,19,20)/t9-/m0/s1. The van der Waals surface area contributed by atoms with E-state index in [0.717, 1.165) is 13.1 Å². The zero-order valence-corrected chi connectivity index (χ0v) is 11.8. The average Bonchev–Trinajstić information content (AvgIpc) is 2.70. The zero-order chi connectivity index (χ0) is 14.9. The summed E-state index contributed by atoms with van der Waals surface area (Å²) in [5, 5.41) is 22.5. The lowest BCUT2D eigenvalue weighted by Gasteiger charge is -2.27.